The highest BCUT2D eigenvalue weighted by molar-refractivity contribution is 5.95. The van der Waals surface area contributed by atoms with Crippen LogP contribution in [0.3, 0.4) is 0 Å². The van der Waals surface area contributed by atoms with Crippen LogP contribution in [0.4, 0.5) is 5.69 Å². The van der Waals surface area contributed by atoms with Crippen LogP contribution in [0.5, 0.6) is 5.75 Å². The van der Waals surface area contributed by atoms with E-state index < -0.39 is 10.8 Å². The van der Waals surface area contributed by atoms with E-state index in [2.05, 4.69) is 10.5 Å². The Labute approximate surface area is 126 Å². The van der Waals surface area contributed by atoms with Gasteiger partial charge in [0.05, 0.1) is 11.1 Å². The zero-order valence-corrected chi connectivity index (χ0v) is 11.7. The van der Waals surface area contributed by atoms with Crippen LogP contribution in [-0.4, -0.2) is 22.2 Å². The van der Waals surface area contributed by atoms with Crippen molar-refractivity contribution >= 4 is 17.8 Å². The van der Waals surface area contributed by atoms with Gasteiger partial charge < -0.3 is 5.11 Å². The summed E-state index contributed by atoms with van der Waals surface area (Å²) in [7, 11) is 0. The third kappa shape index (κ3) is 3.45. The highest BCUT2D eigenvalue weighted by Crippen LogP contribution is 2.26. The van der Waals surface area contributed by atoms with E-state index in [0.717, 1.165) is 6.21 Å². The van der Waals surface area contributed by atoms with Gasteiger partial charge in [0.2, 0.25) is 0 Å². The summed E-state index contributed by atoms with van der Waals surface area (Å²) in [5, 5.41) is 24.4. The van der Waals surface area contributed by atoms with E-state index in [1.54, 1.807) is 37.3 Å². The number of nitrogens with zero attached hydrogens (tertiary/aromatic N) is 2. The minimum atomic E-state index is -0.563. The molecule has 1 amide bonds. The Morgan fingerprint density at radius 3 is 2.64 bits per heavy atom. The van der Waals surface area contributed by atoms with Crippen molar-refractivity contribution in [3.63, 3.8) is 0 Å². The lowest BCUT2D eigenvalue weighted by molar-refractivity contribution is -0.384. The van der Waals surface area contributed by atoms with E-state index >= 15 is 0 Å². The number of hydrazone groups is 1. The Bertz CT molecular complexity index is 742. The van der Waals surface area contributed by atoms with E-state index in [9.17, 15) is 20.0 Å². The van der Waals surface area contributed by atoms with E-state index in [1.165, 1.54) is 12.1 Å². The van der Waals surface area contributed by atoms with Crippen molar-refractivity contribution in [3.05, 3.63) is 69.3 Å². The van der Waals surface area contributed by atoms with Crippen molar-refractivity contribution in [2.24, 2.45) is 5.10 Å². The van der Waals surface area contributed by atoms with Crippen molar-refractivity contribution in [2.75, 3.05) is 0 Å². The van der Waals surface area contributed by atoms with Crippen molar-refractivity contribution in [2.45, 2.75) is 6.92 Å². The maximum atomic E-state index is 11.8. The van der Waals surface area contributed by atoms with Gasteiger partial charge in [-0.05, 0) is 24.6 Å². The fraction of sp³-hybridized carbons (Fsp3) is 0.0667. The lowest BCUT2D eigenvalue weighted by atomic mass is 10.1. The molecule has 0 fully saturated rings. The third-order valence-corrected chi connectivity index (χ3v) is 2.93. The highest BCUT2D eigenvalue weighted by atomic mass is 16.6. The van der Waals surface area contributed by atoms with Gasteiger partial charge in [0.25, 0.3) is 11.6 Å². The second-order valence-corrected chi connectivity index (χ2v) is 4.52. The number of carbonyl (C=O) groups excluding carboxylic acids is 1. The first-order valence-electron chi connectivity index (χ1n) is 6.35. The maximum absolute atomic E-state index is 11.8. The molecule has 112 valence electrons. The molecule has 0 aliphatic heterocycles. The molecule has 0 aliphatic rings. The molecule has 0 unspecified atom stereocenters. The van der Waals surface area contributed by atoms with Crippen LogP contribution < -0.4 is 5.43 Å². The molecule has 0 saturated carbocycles. The molecule has 0 saturated heterocycles. The highest BCUT2D eigenvalue weighted by Gasteiger charge is 2.12. The van der Waals surface area contributed by atoms with Crippen LogP contribution in [0.1, 0.15) is 21.5 Å². The van der Waals surface area contributed by atoms with Gasteiger partial charge in [0.1, 0.15) is 5.75 Å². The van der Waals surface area contributed by atoms with Gasteiger partial charge in [-0.3, -0.25) is 14.9 Å². The first kappa shape index (κ1) is 15.2. The summed E-state index contributed by atoms with van der Waals surface area (Å²) in [4.78, 5) is 22.0. The topological polar surface area (TPSA) is 105 Å². The van der Waals surface area contributed by atoms with Gasteiger partial charge in [-0.25, -0.2) is 5.43 Å². The fourth-order valence-electron chi connectivity index (χ4n) is 1.81. The van der Waals surface area contributed by atoms with Crippen LogP contribution in [0.15, 0.2) is 47.6 Å². The number of rotatable bonds is 4. The molecular formula is C15H13N3O4. The molecule has 7 heteroatoms. The number of benzene rings is 2. The van der Waals surface area contributed by atoms with Crippen molar-refractivity contribution in [3.8, 4) is 5.75 Å². The molecule has 7 nitrogen and oxygen atoms in total. The number of nitro benzene ring substituents is 1. The van der Waals surface area contributed by atoms with Crippen molar-refractivity contribution < 1.29 is 14.8 Å². The van der Waals surface area contributed by atoms with Crippen molar-refractivity contribution in [1.82, 2.24) is 5.43 Å². The molecular weight excluding hydrogens is 286 g/mol. The Hall–Kier alpha value is -3.22. The van der Waals surface area contributed by atoms with Crippen LogP contribution in [0.2, 0.25) is 0 Å². The number of hydrogen-bond acceptors (Lipinski definition) is 5. The van der Waals surface area contributed by atoms with E-state index in [4.69, 9.17) is 0 Å². The Kier molecular flexibility index (Phi) is 4.47. The number of hydrogen-bond donors (Lipinski definition) is 2. The lowest BCUT2D eigenvalue weighted by Gasteiger charge is -2.03. The predicted molar refractivity (Wildman–Crippen MR) is 81.0 cm³/mol. The summed E-state index contributed by atoms with van der Waals surface area (Å²) in [6.07, 6.45) is 1.16. The lowest BCUT2D eigenvalue weighted by Crippen LogP contribution is -2.17. The number of phenolic OH excluding ortho intramolecular Hbond substituents is 1. The fourth-order valence-corrected chi connectivity index (χ4v) is 1.81. The summed E-state index contributed by atoms with van der Waals surface area (Å²) in [6.45, 7) is 1.54. The Morgan fingerprint density at radius 2 is 2.00 bits per heavy atom. The summed E-state index contributed by atoms with van der Waals surface area (Å²) in [6, 6.07) is 10.9. The van der Waals surface area contributed by atoms with Gasteiger partial charge in [-0.2, -0.15) is 5.10 Å². The molecule has 2 aromatic rings. The molecule has 2 aromatic carbocycles. The SMILES string of the molecule is Cc1cc([N+](=O)[O-])cc(/C=N/NC(=O)c2ccccc2)c1O. The normalized spacial score (nSPS) is 10.6. The molecule has 22 heavy (non-hydrogen) atoms. The number of phenols is 1. The molecule has 0 heterocycles. The standard InChI is InChI=1S/C15H13N3O4/c1-10-7-13(18(21)22)8-12(14(10)19)9-16-17-15(20)11-5-3-2-4-6-11/h2-9,19H,1H3,(H,17,20)/b16-9+. The summed E-state index contributed by atoms with van der Waals surface area (Å²) >= 11 is 0. The maximum Gasteiger partial charge on any atom is 0.271 e. The van der Waals surface area contributed by atoms with E-state index in [1.807, 2.05) is 0 Å². The summed E-state index contributed by atoms with van der Waals surface area (Å²) in [5.74, 6) is -0.540. The van der Waals surface area contributed by atoms with Crippen LogP contribution in [0.25, 0.3) is 0 Å². The first-order valence-corrected chi connectivity index (χ1v) is 6.35. The molecule has 0 spiro atoms. The van der Waals surface area contributed by atoms with Gasteiger partial charge >= 0.3 is 0 Å². The number of aromatic hydroxyl groups is 1. The molecule has 0 atom stereocenters. The average molecular weight is 299 g/mol. The summed E-state index contributed by atoms with van der Waals surface area (Å²) in [5.41, 5.74) is 3.07. The van der Waals surface area contributed by atoms with Crippen LogP contribution >= 0.6 is 0 Å². The number of amides is 1. The average Bonchev–Trinajstić information content (AvgIpc) is 2.51. The first-order chi connectivity index (χ1) is 10.5. The Balaban J connectivity index is 2.17. The Morgan fingerprint density at radius 1 is 1.32 bits per heavy atom. The zero-order chi connectivity index (χ0) is 16.1. The van der Waals surface area contributed by atoms with Crippen molar-refractivity contribution in [1.29, 1.82) is 0 Å². The molecule has 0 radical (unpaired) electrons. The molecule has 2 rings (SSSR count). The second-order valence-electron chi connectivity index (χ2n) is 4.52. The molecule has 0 bridgehead atoms. The third-order valence-electron chi connectivity index (χ3n) is 2.93. The van der Waals surface area contributed by atoms with E-state index in [0.29, 0.717) is 11.1 Å². The summed E-state index contributed by atoms with van der Waals surface area (Å²) < 4.78 is 0. The van der Waals surface area contributed by atoms with Gasteiger partial charge in [0.15, 0.2) is 0 Å². The van der Waals surface area contributed by atoms with Crippen LogP contribution in [0, 0.1) is 17.0 Å². The quantitative estimate of drug-likeness (QED) is 0.513. The molecule has 2 N–H and O–H groups in total. The predicted octanol–water partition coefficient (Wildman–Crippen LogP) is 2.37. The largest absolute Gasteiger partial charge is 0.507 e. The number of aryl methyl sites for hydroxylation is 1. The van der Waals surface area contributed by atoms with Crippen LogP contribution in [-0.2, 0) is 0 Å². The van der Waals surface area contributed by atoms with E-state index in [-0.39, 0.29) is 17.0 Å². The second kappa shape index (κ2) is 6.49. The number of nitro groups is 1. The number of carbonyl (C=O) groups is 1. The van der Waals surface area contributed by atoms with Gasteiger partial charge in [-0.1, -0.05) is 18.2 Å². The minimum Gasteiger partial charge on any atom is -0.507 e. The molecule has 0 aromatic heterocycles. The minimum absolute atomic E-state index is 0.122. The molecule has 0 aliphatic carbocycles. The van der Waals surface area contributed by atoms with Gasteiger partial charge in [0, 0.05) is 23.3 Å². The zero-order valence-electron chi connectivity index (χ0n) is 11.7. The smallest absolute Gasteiger partial charge is 0.271 e. The number of nitrogens with one attached hydrogen (secondary N) is 1. The van der Waals surface area contributed by atoms with Gasteiger partial charge in [-0.15, -0.1) is 0 Å². The monoisotopic (exact) mass is 299 g/mol. The number of non-ortho nitro benzene ring substituents is 1.